The number of hydrogen-bond acceptors (Lipinski definition) is 3. The number of halogens is 2. The summed E-state index contributed by atoms with van der Waals surface area (Å²) in [7, 11) is 1.58. The monoisotopic (exact) mass is 340 g/mol. The molecule has 1 aromatic heterocycles. The lowest BCUT2D eigenvalue weighted by Crippen LogP contribution is -2.15. The zero-order valence-electron chi connectivity index (χ0n) is 11.2. The van der Waals surface area contributed by atoms with Gasteiger partial charge in [0.15, 0.2) is 0 Å². The highest BCUT2D eigenvalue weighted by Gasteiger charge is 2.19. The van der Waals surface area contributed by atoms with Crippen LogP contribution in [0.15, 0.2) is 28.9 Å². The second kappa shape index (κ2) is 6.28. The first-order valence-electron chi connectivity index (χ1n) is 6.05. The Labute approximate surface area is 124 Å². The van der Waals surface area contributed by atoms with Gasteiger partial charge in [0.25, 0.3) is 0 Å². The van der Waals surface area contributed by atoms with Gasteiger partial charge in [-0.2, -0.15) is 5.10 Å². The lowest BCUT2D eigenvalue weighted by Gasteiger charge is -2.08. The van der Waals surface area contributed by atoms with Crippen molar-refractivity contribution in [3.05, 3.63) is 51.5 Å². The first-order valence-corrected chi connectivity index (χ1v) is 6.84. The minimum Gasteiger partial charge on any atom is -0.383 e. The van der Waals surface area contributed by atoms with Crippen molar-refractivity contribution in [2.75, 3.05) is 13.7 Å². The van der Waals surface area contributed by atoms with Crippen molar-refractivity contribution in [3.8, 4) is 0 Å². The van der Waals surface area contributed by atoms with E-state index < -0.39 is 5.82 Å². The van der Waals surface area contributed by atoms with E-state index in [1.165, 1.54) is 12.1 Å². The van der Waals surface area contributed by atoms with Crippen molar-refractivity contribution in [3.63, 3.8) is 0 Å². The van der Waals surface area contributed by atoms with Crippen molar-refractivity contribution in [2.24, 2.45) is 0 Å². The maximum atomic E-state index is 13.4. The molecule has 0 aliphatic rings. The molecular weight excluding hydrogens is 327 g/mol. The first kappa shape index (κ1) is 14.9. The van der Waals surface area contributed by atoms with Crippen LogP contribution in [0.4, 0.5) is 4.39 Å². The number of aryl methyl sites for hydroxylation is 1. The van der Waals surface area contributed by atoms with Crippen LogP contribution in [0.25, 0.3) is 0 Å². The molecular formula is C14H14BrFN2O2. The van der Waals surface area contributed by atoms with Crippen molar-refractivity contribution in [1.82, 2.24) is 9.78 Å². The van der Waals surface area contributed by atoms with Crippen LogP contribution in [0.3, 0.4) is 0 Å². The van der Waals surface area contributed by atoms with Crippen molar-refractivity contribution < 1.29 is 13.9 Å². The topological polar surface area (TPSA) is 44.1 Å². The molecule has 0 N–H and O–H groups in total. The standard InChI is InChI=1S/C14H14BrFN2O2/c1-9-5-10(7-11(16)6-9)14(19)13-12(15)8-17-18(13)3-4-20-2/h5-8H,3-4H2,1-2H3. The van der Waals surface area contributed by atoms with E-state index in [-0.39, 0.29) is 5.78 Å². The number of nitrogens with zero attached hydrogens (tertiary/aromatic N) is 2. The molecule has 2 rings (SSSR count). The summed E-state index contributed by atoms with van der Waals surface area (Å²) in [6.07, 6.45) is 1.55. The van der Waals surface area contributed by atoms with E-state index >= 15 is 0 Å². The van der Waals surface area contributed by atoms with E-state index in [1.807, 2.05) is 0 Å². The third-order valence-electron chi connectivity index (χ3n) is 2.82. The summed E-state index contributed by atoms with van der Waals surface area (Å²) >= 11 is 3.31. The summed E-state index contributed by atoms with van der Waals surface area (Å²) in [5.41, 5.74) is 1.40. The zero-order valence-corrected chi connectivity index (χ0v) is 12.8. The number of carbonyl (C=O) groups excluding carboxylic acids is 1. The van der Waals surface area contributed by atoms with Gasteiger partial charge in [0.05, 0.1) is 23.8 Å². The molecule has 106 valence electrons. The maximum Gasteiger partial charge on any atom is 0.212 e. The molecule has 0 amide bonds. The minimum absolute atomic E-state index is 0.270. The van der Waals surface area contributed by atoms with E-state index in [1.54, 1.807) is 31.0 Å². The second-order valence-corrected chi connectivity index (χ2v) is 5.26. The molecule has 0 radical (unpaired) electrons. The van der Waals surface area contributed by atoms with Crippen LogP contribution in [0, 0.1) is 12.7 Å². The highest BCUT2D eigenvalue weighted by atomic mass is 79.9. The van der Waals surface area contributed by atoms with Gasteiger partial charge in [0.2, 0.25) is 5.78 Å². The largest absolute Gasteiger partial charge is 0.383 e. The van der Waals surface area contributed by atoms with Crippen LogP contribution >= 0.6 is 15.9 Å². The Morgan fingerprint density at radius 2 is 2.20 bits per heavy atom. The average Bonchev–Trinajstić information content (AvgIpc) is 2.75. The highest BCUT2D eigenvalue weighted by Crippen LogP contribution is 2.21. The molecule has 0 aliphatic heterocycles. The molecule has 0 aliphatic carbocycles. The maximum absolute atomic E-state index is 13.4. The number of ether oxygens (including phenoxy) is 1. The third kappa shape index (κ3) is 3.13. The number of aromatic nitrogens is 2. The summed E-state index contributed by atoms with van der Waals surface area (Å²) in [4.78, 5) is 12.5. The van der Waals surface area contributed by atoms with E-state index in [4.69, 9.17) is 4.74 Å². The number of rotatable bonds is 5. The summed E-state index contributed by atoms with van der Waals surface area (Å²) in [6.45, 7) is 2.64. The average molecular weight is 341 g/mol. The van der Waals surface area contributed by atoms with Gasteiger partial charge in [-0.15, -0.1) is 0 Å². The molecule has 0 saturated carbocycles. The molecule has 6 heteroatoms. The van der Waals surface area contributed by atoms with Gasteiger partial charge < -0.3 is 4.74 Å². The summed E-state index contributed by atoms with van der Waals surface area (Å²) < 4.78 is 20.5. The van der Waals surface area contributed by atoms with Gasteiger partial charge in [-0.1, -0.05) is 0 Å². The fourth-order valence-electron chi connectivity index (χ4n) is 1.94. The summed E-state index contributed by atoms with van der Waals surface area (Å²) in [5, 5.41) is 4.12. The first-order chi connectivity index (χ1) is 9.52. The Bertz CT molecular complexity index is 620. The quantitative estimate of drug-likeness (QED) is 0.786. The molecule has 0 unspecified atom stereocenters. The lowest BCUT2D eigenvalue weighted by atomic mass is 10.1. The van der Waals surface area contributed by atoms with Gasteiger partial charge in [-0.05, 0) is 46.6 Å². The molecule has 4 nitrogen and oxygen atoms in total. The highest BCUT2D eigenvalue weighted by molar-refractivity contribution is 9.10. The molecule has 0 spiro atoms. The zero-order chi connectivity index (χ0) is 14.7. The van der Waals surface area contributed by atoms with E-state index in [0.29, 0.717) is 34.4 Å². The molecule has 0 fully saturated rings. The Kier molecular flexibility index (Phi) is 4.67. The number of carbonyl (C=O) groups is 1. The Balaban J connectivity index is 2.39. The minimum atomic E-state index is -0.424. The predicted octanol–water partition coefficient (Wildman–Crippen LogP) is 2.97. The van der Waals surface area contributed by atoms with Gasteiger partial charge in [-0.25, -0.2) is 4.39 Å². The van der Waals surface area contributed by atoms with Crippen molar-refractivity contribution >= 4 is 21.7 Å². The fourth-order valence-corrected chi connectivity index (χ4v) is 2.42. The predicted molar refractivity (Wildman–Crippen MR) is 76.4 cm³/mol. The Morgan fingerprint density at radius 3 is 2.85 bits per heavy atom. The number of ketones is 1. The van der Waals surface area contributed by atoms with Crippen LogP contribution in [0.2, 0.25) is 0 Å². The van der Waals surface area contributed by atoms with Crippen molar-refractivity contribution in [1.29, 1.82) is 0 Å². The molecule has 0 bridgehead atoms. The van der Waals surface area contributed by atoms with Crippen LogP contribution in [-0.4, -0.2) is 29.3 Å². The van der Waals surface area contributed by atoms with Crippen molar-refractivity contribution in [2.45, 2.75) is 13.5 Å². The molecule has 1 heterocycles. The second-order valence-electron chi connectivity index (χ2n) is 4.40. The van der Waals surface area contributed by atoms with Gasteiger partial charge in [0, 0.05) is 12.7 Å². The Morgan fingerprint density at radius 1 is 1.45 bits per heavy atom. The molecule has 0 atom stereocenters. The van der Waals surface area contributed by atoms with Crippen LogP contribution in [-0.2, 0) is 11.3 Å². The van der Waals surface area contributed by atoms with Gasteiger partial charge >= 0.3 is 0 Å². The fraction of sp³-hybridized carbons (Fsp3) is 0.286. The number of benzene rings is 1. The smallest absolute Gasteiger partial charge is 0.212 e. The lowest BCUT2D eigenvalue weighted by molar-refractivity contribution is 0.102. The van der Waals surface area contributed by atoms with Crippen LogP contribution < -0.4 is 0 Å². The SMILES string of the molecule is COCCn1ncc(Br)c1C(=O)c1cc(C)cc(F)c1. The van der Waals surface area contributed by atoms with E-state index in [0.717, 1.165) is 0 Å². The normalized spacial score (nSPS) is 10.8. The molecule has 0 saturated heterocycles. The van der Waals surface area contributed by atoms with E-state index in [9.17, 15) is 9.18 Å². The van der Waals surface area contributed by atoms with Crippen LogP contribution in [0.1, 0.15) is 21.6 Å². The molecule has 20 heavy (non-hydrogen) atoms. The molecule has 2 aromatic rings. The van der Waals surface area contributed by atoms with Crippen LogP contribution in [0.5, 0.6) is 0 Å². The number of methoxy groups -OCH3 is 1. The van der Waals surface area contributed by atoms with Gasteiger partial charge in [-0.3, -0.25) is 9.48 Å². The van der Waals surface area contributed by atoms with Gasteiger partial charge in [0.1, 0.15) is 11.5 Å². The summed E-state index contributed by atoms with van der Waals surface area (Å²) in [6, 6.07) is 4.27. The van der Waals surface area contributed by atoms with E-state index in [2.05, 4.69) is 21.0 Å². The third-order valence-corrected chi connectivity index (χ3v) is 3.40. The summed E-state index contributed by atoms with van der Waals surface area (Å²) in [5.74, 6) is -0.694. The molecule has 1 aromatic carbocycles. The number of hydrogen-bond donors (Lipinski definition) is 0. The Hall–Kier alpha value is -1.53.